The van der Waals surface area contributed by atoms with Crippen LogP contribution in [0.4, 0.5) is 15.8 Å². The van der Waals surface area contributed by atoms with Gasteiger partial charge in [0, 0.05) is 48.0 Å². The molecule has 0 saturated carbocycles. The van der Waals surface area contributed by atoms with Gasteiger partial charge in [-0.2, -0.15) is 0 Å². The number of rotatable bonds is 5. The Kier molecular flexibility index (Phi) is 6.71. The molecule has 1 aliphatic rings. The standard InChI is InChI=1S/C28H30FN7O/c1-16(2)34-28(37)19-7-3-6-18(26(19)29)22-9-8-21(31)27(35-22)23-13-20-24(14-33-23)32-11-10-25(20)36-12-4-5-17(30)15-36/h3,6-11,13-14,16-17H,4-5,12,15,30-31H2,1-2H3,(H,34,37). The largest absolute Gasteiger partial charge is 0.397 e. The molecule has 1 aliphatic heterocycles. The van der Waals surface area contributed by atoms with Gasteiger partial charge in [0.1, 0.15) is 11.5 Å². The third-order valence-corrected chi connectivity index (χ3v) is 6.51. The van der Waals surface area contributed by atoms with Gasteiger partial charge in [0.15, 0.2) is 0 Å². The van der Waals surface area contributed by atoms with Crippen LogP contribution in [-0.2, 0) is 0 Å². The molecule has 1 fully saturated rings. The molecular formula is C28H30FN7O. The minimum Gasteiger partial charge on any atom is -0.397 e. The lowest BCUT2D eigenvalue weighted by atomic mass is 10.0. The van der Waals surface area contributed by atoms with Crippen molar-refractivity contribution in [1.29, 1.82) is 0 Å². The maximum absolute atomic E-state index is 15.4. The summed E-state index contributed by atoms with van der Waals surface area (Å²) in [7, 11) is 0. The number of carbonyl (C=O) groups excluding carboxylic acids is 1. The van der Waals surface area contributed by atoms with E-state index in [2.05, 4.69) is 25.2 Å². The summed E-state index contributed by atoms with van der Waals surface area (Å²) in [5.74, 6) is -1.11. The predicted octanol–water partition coefficient (Wildman–Crippen LogP) is 4.15. The van der Waals surface area contributed by atoms with Gasteiger partial charge in [0.2, 0.25) is 0 Å². The predicted molar refractivity (Wildman–Crippen MR) is 145 cm³/mol. The molecule has 4 heterocycles. The minimum atomic E-state index is -0.636. The van der Waals surface area contributed by atoms with Crippen molar-refractivity contribution in [3.8, 4) is 22.6 Å². The van der Waals surface area contributed by atoms with Crippen LogP contribution in [-0.4, -0.2) is 46.0 Å². The molecule has 0 aliphatic carbocycles. The fourth-order valence-corrected chi connectivity index (χ4v) is 4.74. The van der Waals surface area contributed by atoms with E-state index in [1.54, 1.807) is 36.7 Å². The Labute approximate surface area is 214 Å². The molecule has 1 unspecified atom stereocenters. The number of nitrogens with two attached hydrogens (primary N) is 2. The van der Waals surface area contributed by atoms with Crippen molar-refractivity contribution in [3.63, 3.8) is 0 Å². The molecule has 5 rings (SSSR count). The molecule has 0 spiro atoms. The number of piperidine rings is 1. The van der Waals surface area contributed by atoms with E-state index in [1.165, 1.54) is 6.07 Å². The van der Waals surface area contributed by atoms with Crippen molar-refractivity contribution >= 4 is 28.2 Å². The number of benzene rings is 1. The van der Waals surface area contributed by atoms with Crippen LogP contribution in [0.1, 0.15) is 37.0 Å². The molecule has 0 radical (unpaired) electrons. The van der Waals surface area contributed by atoms with E-state index in [-0.39, 0.29) is 23.2 Å². The summed E-state index contributed by atoms with van der Waals surface area (Å²) in [5.41, 5.74) is 16.3. The van der Waals surface area contributed by atoms with Gasteiger partial charge in [-0.1, -0.05) is 6.07 Å². The van der Waals surface area contributed by atoms with Crippen LogP contribution >= 0.6 is 0 Å². The van der Waals surface area contributed by atoms with E-state index in [1.807, 2.05) is 26.0 Å². The first kappa shape index (κ1) is 24.6. The third kappa shape index (κ3) is 4.95. The topological polar surface area (TPSA) is 123 Å². The first-order valence-corrected chi connectivity index (χ1v) is 12.4. The Morgan fingerprint density at radius 2 is 2.00 bits per heavy atom. The number of pyridine rings is 3. The van der Waals surface area contributed by atoms with E-state index in [0.29, 0.717) is 22.8 Å². The zero-order valence-corrected chi connectivity index (χ0v) is 20.9. The fraction of sp³-hybridized carbons (Fsp3) is 0.286. The maximum Gasteiger partial charge on any atom is 0.254 e. The number of hydrogen-bond donors (Lipinski definition) is 3. The van der Waals surface area contributed by atoms with E-state index >= 15 is 4.39 Å². The monoisotopic (exact) mass is 499 g/mol. The summed E-state index contributed by atoms with van der Waals surface area (Å²) >= 11 is 0. The van der Waals surface area contributed by atoms with E-state index in [0.717, 1.165) is 42.5 Å². The first-order chi connectivity index (χ1) is 17.8. The normalized spacial score (nSPS) is 15.8. The van der Waals surface area contributed by atoms with Gasteiger partial charge in [-0.05, 0) is 63.1 Å². The molecule has 3 aromatic heterocycles. The Bertz CT molecular complexity index is 1470. The summed E-state index contributed by atoms with van der Waals surface area (Å²) < 4.78 is 15.4. The summed E-state index contributed by atoms with van der Waals surface area (Å²) in [6.07, 6.45) is 5.51. The third-order valence-electron chi connectivity index (χ3n) is 6.51. The van der Waals surface area contributed by atoms with Crippen molar-refractivity contribution in [3.05, 3.63) is 66.2 Å². The SMILES string of the molecule is CC(C)NC(=O)c1cccc(-c2ccc(N)c(-c3cc4c(N5CCCC(N)C5)ccnc4cn3)n2)c1F. The number of carbonyl (C=O) groups is 1. The number of nitrogens with one attached hydrogen (secondary N) is 1. The molecule has 1 atom stereocenters. The lowest BCUT2D eigenvalue weighted by Crippen LogP contribution is -2.42. The van der Waals surface area contributed by atoms with Gasteiger partial charge in [-0.3, -0.25) is 14.8 Å². The zero-order chi connectivity index (χ0) is 26.1. The van der Waals surface area contributed by atoms with E-state index in [4.69, 9.17) is 11.5 Å². The zero-order valence-electron chi connectivity index (χ0n) is 20.9. The maximum atomic E-state index is 15.4. The average Bonchev–Trinajstić information content (AvgIpc) is 2.88. The van der Waals surface area contributed by atoms with Crippen LogP contribution in [0.2, 0.25) is 0 Å². The quantitative estimate of drug-likeness (QED) is 0.377. The van der Waals surface area contributed by atoms with Gasteiger partial charge in [0.25, 0.3) is 5.91 Å². The average molecular weight is 500 g/mol. The van der Waals surface area contributed by atoms with E-state index in [9.17, 15) is 4.79 Å². The van der Waals surface area contributed by atoms with Crippen LogP contribution in [0.5, 0.6) is 0 Å². The lowest BCUT2D eigenvalue weighted by Gasteiger charge is -2.33. The molecule has 9 heteroatoms. The summed E-state index contributed by atoms with van der Waals surface area (Å²) in [4.78, 5) is 28.5. The van der Waals surface area contributed by atoms with Crippen LogP contribution < -0.4 is 21.7 Å². The van der Waals surface area contributed by atoms with Gasteiger partial charge in [-0.25, -0.2) is 9.37 Å². The highest BCUT2D eigenvalue weighted by Crippen LogP contribution is 2.33. The molecular weight excluding hydrogens is 469 g/mol. The molecule has 5 N–H and O–H groups in total. The highest BCUT2D eigenvalue weighted by Gasteiger charge is 2.21. The Balaban J connectivity index is 1.57. The second-order valence-corrected chi connectivity index (χ2v) is 9.69. The lowest BCUT2D eigenvalue weighted by molar-refractivity contribution is 0.0939. The van der Waals surface area contributed by atoms with Crippen molar-refractivity contribution < 1.29 is 9.18 Å². The van der Waals surface area contributed by atoms with Crippen molar-refractivity contribution in [1.82, 2.24) is 20.3 Å². The second-order valence-electron chi connectivity index (χ2n) is 9.69. The number of nitrogen functional groups attached to an aromatic ring is 1. The van der Waals surface area contributed by atoms with Crippen LogP contribution in [0, 0.1) is 5.82 Å². The number of halogens is 1. The smallest absolute Gasteiger partial charge is 0.254 e. The van der Waals surface area contributed by atoms with Gasteiger partial charge in [-0.15, -0.1) is 0 Å². The minimum absolute atomic E-state index is 0.0364. The van der Waals surface area contributed by atoms with Crippen molar-refractivity contribution in [2.24, 2.45) is 5.73 Å². The number of aromatic nitrogens is 3. The molecule has 8 nitrogen and oxygen atoms in total. The highest BCUT2D eigenvalue weighted by atomic mass is 19.1. The number of nitrogens with zero attached hydrogens (tertiary/aromatic N) is 4. The summed E-state index contributed by atoms with van der Waals surface area (Å²) in [6.45, 7) is 5.34. The molecule has 37 heavy (non-hydrogen) atoms. The van der Waals surface area contributed by atoms with Crippen LogP contribution in [0.25, 0.3) is 33.5 Å². The number of fused-ring (bicyclic) bond motifs is 1. The number of hydrogen-bond acceptors (Lipinski definition) is 7. The Morgan fingerprint density at radius 3 is 2.78 bits per heavy atom. The van der Waals surface area contributed by atoms with E-state index < -0.39 is 11.7 Å². The van der Waals surface area contributed by atoms with Gasteiger partial charge < -0.3 is 21.7 Å². The highest BCUT2D eigenvalue weighted by molar-refractivity contribution is 5.96. The molecule has 1 saturated heterocycles. The Morgan fingerprint density at radius 1 is 1.16 bits per heavy atom. The number of amides is 1. The molecule has 0 bridgehead atoms. The summed E-state index contributed by atoms with van der Waals surface area (Å²) in [5, 5.41) is 3.65. The molecule has 1 aromatic carbocycles. The van der Waals surface area contributed by atoms with Crippen LogP contribution in [0.3, 0.4) is 0 Å². The molecule has 1 amide bonds. The molecule has 190 valence electrons. The Hall–Kier alpha value is -4.11. The first-order valence-electron chi connectivity index (χ1n) is 12.4. The van der Waals surface area contributed by atoms with Crippen LogP contribution in [0.15, 0.2) is 54.9 Å². The number of anilines is 2. The van der Waals surface area contributed by atoms with Gasteiger partial charge in [0.05, 0.1) is 34.4 Å². The fourth-order valence-electron chi connectivity index (χ4n) is 4.74. The summed E-state index contributed by atoms with van der Waals surface area (Å²) in [6, 6.07) is 11.9. The van der Waals surface area contributed by atoms with Crippen molar-refractivity contribution in [2.75, 3.05) is 23.7 Å². The van der Waals surface area contributed by atoms with Gasteiger partial charge >= 0.3 is 0 Å². The second kappa shape index (κ2) is 10.1. The van der Waals surface area contributed by atoms with Crippen molar-refractivity contribution in [2.45, 2.75) is 38.8 Å². The molecule has 4 aromatic rings.